The van der Waals surface area contributed by atoms with Crippen molar-refractivity contribution in [1.29, 1.82) is 0 Å². The van der Waals surface area contributed by atoms with E-state index >= 15 is 0 Å². The van der Waals surface area contributed by atoms with Crippen LogP contribution in [-0.2, 0) is 4.79 Å². The molecule has 0 saturated heterocycles. The molecule has 1 aromatic rings. The van der Waals surface area contributed by atoms with Gasteiger partial charge in [-0.25, -0.2) is 0 Å². The Kier molecular flexibility index (Phi) is 2.71. The monoisotopic (exact) mass is 237 g/mol. The van der Waals surface area contributed by atoms with Crippen LogP contribution in [0.25, 0.3) is 0 Å². The number of hydrogen-bond acceptors (Lipinski definition) is 4. The van der Waals surface area contributed by atoms with E-state index in [4.69, 9.17) is 15.6 Å². The average molecular weight is 237 g/mol. The topological polar surface area (TPSA) is 92.8 Å². The summed E-state index contributed by atoms with van der Waals surface area (Å²) in [5.74, 6) is -0.785. The third-order valence-electron chi connectivity index (χ3n) is 3.09. The fourth-order valence-electron chi connectivity index (χ4n) is 1.95. The number of aliphatic carboxylic acids is 1. The molecule has 4 N–H and O–H groups in total. The zero-order valence-electron chi connectivity index (χ0n) is 9.51. The predicted molar refractivity (Wildman–Crippen MR) is 61.2 cm³/mol. The number of aromatic hydroxyl groups is 1. The van der Waals surface area contributed by atoms with Crippen LogP contribution in [0.4, 0.5) is 0 Å². The van der Waals surface area contributed by atoms with Gasteiger partial charge in [0.25, 0.3) is 0 Å². The highest BCUT2D eigenvalue weighted by Gasteiger charge is 2.58. The van der Waals surface area contributed by atoms with Crippen LogP contribution in [0.1, 0.15) is 24.8 Å². The Bertz CT molecular complexity index is 460. The van der Waals surface area contributed by atoms with Crippen molar-refractivity contribution in [3.63, 3.8) is 0 Å². The molecule has 0 spiro atoms. The molecule has 1 saturated carbocycles. The molecule has 1 fully saturated rings. The van der Waals surface area contributed by atoms with E-state index in [1.807, 2.05) is 6.92 Å². The summed E-state index contributed by atoms with van der Waals surface area (Å²) >= 11 is 0. The maximum atomic E-state index is 10.9. The Morgan fingerprint density at radius 3 is 2.88 bits per heavy atom. The second kappa shape index (κ2) is 3.92. The third-order valence-corrected chi connectivity index (χ3v) is 3.09. The number of phenols is 1. The van der Waals surface area contributed by atoms with Gasteiger partial charge in [0.05, 0.1) is 6.61 Å². The first-order chi connectivity index (χ1) is 7.99. The molecule has 1 aromatic carbocycles. The molecule has 5 heteroatoms. The second-order valence-corrected chi connectivity index (χ2v) is 4.26. The fourth-order valence-corrected chi connectivity index (χ4v) is 1.95. The summed E-state index contributed by atoms with van der Waals surface area (Å²) < 4.78 is 5.25. The van der Waals surface area contributed by atoms with E-state index < -0.39 is 11.5 Å². The van der Waals surface area contributed by atoms with Crippen LogP contribution in [0.2, 0.25) is 0 Å². The first-order valence-electron chi connectivity index (χ1n) is 5.47. The highest BCUT2D eigenvalue weighted by molar-refractivity contribution is 5.85. The van der Waals surface area contributed by atoms with Gasteiger partial charge >= 0.3 is 5.97 Å². The zero-order chi connectivity index (χ0) is 12.6. The lowest BCUT2D eigenvalue weighted by molar-refractivity contribution is -0.139. The number of carboxylic acid groups (broad SMARTS) is 1. The molecule has 2 unspecified atom stereocenters. The van der Waals surface area contributed by atoms with Gasteiger partial charge in [-0.3, -0.25) is 4.79 Å². The average Bonchev–Trinajstić information content (AvgIpc) is 2.96. The quantitative estimate of drug-likeness (QED) is 0.728. The number of ether oxygens (including phenoxy) is 1. The Balaban J connectivity index is 2.24. The molecule has 1 aliphatic rings. The van der Waals surface area contributed by atoms with Crippen LogP contribution >= 0.6 is 0 Å². The molecular formula is C12H15NO4. The van der Waals surface area contributed by atoms with Gasteiger partial charge in [-0.15, -0.1) is 0 Å². The van der Waals surface area contributed by atoms with Crippen LogP contribution < -0.4 is 10.5 Å². The molecule has 0 amide bonds. The van der Waals surface area contributed by atoms with Crippen molar-refractivity contribution in [2.75, 3.05) is 6.61 Å². The predicted octanol–water partition coefficient (Wildman–Crippen LogP) is 1.06. The van der Waals surface area contributed by atoms with Gasteiger partial charge in [-0.05, 0) is 31.0 Å². The molecule has 0 heterocycles. The maximum Gasteiger partial charge on any atom is 0.324 e. The van der Waals surface area contributed by atoms with Gasteiger partial charge in [0.2, 0.25) is 0 Å². The lowest BCUT2D eigenvalue weighted by Crippen LogP contribution is -2.34. The van der Waals surface area contributed by atoms with Crippen LogP contribution in [0.3, 0.4) is 0 Å². The van der Waals surface area contributed by atoms with Crippen molar-refractivity contribution in [1.82, 2.24) is 0 Å². The molecule has 0 aliphatic heterocycles. The molecule has 2 rings (SSSR count). The van der Waals surface area contributed by atoms with Crippen LogP contribution in [0.5, 0.6) is 11.5 Å². The highest BCUT2D eigenvalue weighted by Crippen LogP contribution is 2.50. The number of benzene rings is 1. The van der Waals surface area contributed by atoms with Crippen molar-refractivity contribution in [3.05, 3.63) is 23.8 Å². The number of carboxylic acids is 1. The molecule has 1 aliphatic carbocycles. The highest BCUT2D eigenvalue weighted by atomic mass is 16.5. The minimum absolute atomic E-state index is 0.0502. The van der Waals surface area contributed by atoms with Crippen LogP contribution in [0.15, 0.2) is 18.2 Å². The second-order valence-electron chi connectivity index (χ2n) is 4.26. The van der Waals surface area contributed by atoms with E-state index in [2.05, 4.69) is 0 Å². The number of rotatable bonds is 4. The minimum Gasteiger partial charge on any atom is -0.504 e. The molecule has 92 valence electrons. The zero-order valence-corrected chi connectivity index (χ0v) is 9.51. The third kappa shape index (κ3) is 1.93. The van der Waals surface area contributed by atoms with Crippen molar-refractivity contribution in [3.8, 4) is 11.5 Å². The lowest BCUT2D eigenvalue weighted by Gasteiger charge is -2.09. The Labute approximate surface area is 98.8 Å². The molecule has 2 atom stereocenters. The summed E-state index contributed by atoms with van der Waals surface area (Å²) in [6.45, 7) is 2.25. The summed E-state index contributed by atoms with van der Waals surface area (Å²) in [7, 11) is 0. The normalized spacial score (nSPS) is 26.6. The lowest BCUT2D eigenvalue weighted by atomic mass is 10.1. The summed E-state index contributed by atoms with van der Waals surface area (Å²) in [5, 5.41) is 18.5. The molecule has 0 radical (unpaired) electrons. The van der Waals surface area contributed by atoms with Gasteiger partial charge in [-0.2, -0.15) is 0 Å². The van der Waals surface area contributed by atoms with E-state index in [9.17, 15) is 9.90 Å². The minimum atomic E-state index is -1.17. The largest absolute Gasteiger partial charge is 0.504 e. The van der Waals surface area contributed by atoms with Crippen LogP contribution in [0, 0.1) is 0 Å². The van der Waals surface area contributed by atoms with Gasteiger partial charge in [0, 0.05) is 5.92 Å². The SMILES string of the molecule is CCOc1cc(C2CC2(N)C(=O)O)ccc1O. The Morgan fingerprint density at radius 2 is 2.35 bits per heavy atom. The number of phenolic OH excluding ortho intramolecular Hbond substituents is 1. The van der Waals surface area contributed by atoms with Gasteiger partial charge in [-0.1, -0.05) is 6.07 Å². The maximum absolute atomic E-state index is 10.9. The van der Waals surface area contributed by atoms with Gasteiger partial charge in [0.1, 0.15) is 5.54 Å². The summed E-state index contributed by atoms with van der Waals surface area (Å²) in [5.41, 5.74) is 5.35. The number of nitrogens with two attached hydrogens (primary N) is 1. The molecule has 17 heavy (non-hydrogen) atoms. The van der Waals surface area contributed by atoms with Crippen LogP contribution in [-0.4, -0.2) is 28.3 Å². The summed E-state index contributed by atoms with van der Waals surface area (Å²) in [4.78, 5) is 10.9. The first-order valence-corrected chi connectivity index (χ1v) is 5.47. The smallest absolute Gasteiger partial charge is 0.324 e. The number of hydrogen-bond donors (Lipinski definition) is 3. The van der Waals surface area contributed by atoms with E-state index in [1.165, 1.54) is 6.07 Å². The summed E-state index contributed by atoms with van der Waals surface area (Å²) in [6, 6.07) is 4.84. The van der Waals surface area contributed by atoms with Gasteiger partial charge in [0.15, 0.2) is 11.5 Å². The molecule has 5 nitrogen and oxygen atoms in total. The molecule has 0 aromatic heterocycles. The van der Waals surface area contributed by atoms with Crippen molar-refractivity contribution < 1.29 is 19.7 Å². The van der Waals surface area contributed by atoms with E-state index in [-0.39, 0.29) is 11.7 Å². The van der Waals surface area contributed by atoms with E-state index in [0.29, 0.717) is 18.8 Å². The van der Waals surface area contributed by atoms with E-state index in [0.717, 1.165) is 5.56 Å². The first kappa shape index (κ1) is 11.7. The Hall–Kier alpha value is -1.75. The van der Waals surface area contributed by atoms with E-state index in [1.54, 1.807) is 12.1 Å². The van der Waals surface area contributed by atoms with Crippen molar-refractivity contribution in [2.45, 2.75) is 24.8 Å². The fraction of sp³-hybridized carbons (Fsp3) is 0.417. The number of carbonyl (C=O) groups is 1. The molecular weight excluding hydrogens is 222 g/mol. The summed E-state index contributed by atoms with van der Waals surface area (Å²) in [6.07, 6.45) is 0.415. The Morgan fingerprint density at radius 1 is 1.65 bits per heavy atom. The molecule has 0 bridgehead atoms. The van der Waals surface area contributed by atoms with Crippen molar-refractivity contribution >= 4 is 5.97 Å². The van der Waals surface area contributed by atoms with Gasteiger partial charge < -0.3 is 20.7 Å². The van der Waals surface area contributed by atoms with Crippen molar-refractivity contribution in [2.24, 2.45) is 5.73 Å². The standard InChI is InChI=1S/C12H15NO4/c1-2-17-10-5-7(3-4-9(10)14)8-6-12(8,13)11(15)16/h3-5,8,14H,2,6,13H2,1H3,(H,15,16).